The summed E-state index contributed by atoms with van der Waals surface area (Å²) in [5.41, 5.74) is 5.41. The lowest BCUT2D eigenvalue weighted by atomic mass is 10.0. The van der Waals surface area contributed by atoms with Gasteiger partial charge < -0.3 is 19.7 Å². The van der Waals surface area contributed by atoms with Crippen molar-refractivity contribution >= 4 is 23.3 Å². The van der Waals surface area contributed by atoms with Crippen molar-refractivity contribution in [1.82, 2.24) is 19.5 Å². The van der Waals surface area contributed by atoms with Crippen LogP contribution in [0.4, 0.5) is 10.7 Å². The van der Waals surface area contributed by atoms with E-state index in [0.29, 0.717) is 24.8 Å². The van der Waals surface area contributed by atoms with Crippen LogP contribution in [0.5, 0.6) is 5.75 Å². The zero-order valence-electron chi connectivity index (χ0n) is 21.2. The quantitative estimate of drug-likeness (QED) is 0.163. The highest BCUT2D eigenvalue weighted by molar-refractivity contribution is 5.74. The molecule has 0 aliphatic heterocycles. The molecule has 0 atom stereocenters. The third-order valence-electron chi connectivity index (χ3n) is 6.30. The van der Waals surface area contributed by atoms with Gasteiger partial charge in [0, 0.05) is 18.5 Å². The van der Waals surface area contributed by atoms with Crippen LogP contribution in [0.15, 0.2) is 85.1 Å². The topological polar surface area (TPSA) is 102 Å². The second kappa shape index (κ2) is 11.6. The summed E-state index contributed by atoms with van der Waals surface area (Å²) < 4.78 is 7.12. The van der Waals surface area contributed by atoms with Crippen LogP contribution in [0.25, 0.3) is 22.3 Å². The molecule has 192 valence electrons. The van der Waals surface area contributed by atoms with E-state index in [2.05, 4.69) is 33.9 Å². The van der Waals surface area contributed by atoms with Gasteiger partial charge in [-0.2, -0.15) is 4.98 Å². The summed E-state index contributed by atoms with van der Waals surface area (Å²) in [6, 6.07) is 25.3. The summed E-state index contributed by atoms with van der Waals surface area (Å²) >= 11 is 0. The van der Waals surface area contributed by atoms with E-state index in [1.807, 2.05) is 54.6 Å². The van der Waals surface area contributed by atoms with E-state index in [0.717, 1.165) is 58.5 Å². The van der Waals surface area contributed by atoms with Crippen LogP contribution in [0.2, 0.25) is 0 Å². The van der Waals surface area contributed by atoms with Gasteiger partial charge in [-0.3, -0.25) is 0 Å². The average molecular weight is 508 g/mol. The molecule has 0 amide bonds. The number of nitrogens with zero attached hydrogens (tertiary/aromatic N) is 4. The Kier molecular flexibility index (Phi) is 7.59. The molecule has 5 rings (SSSR count). The highest BCUT2D eigenvalue weighted by atomic mass is 16.7. The Morgan fingerprint density at radius 2 is 1.71 bits per heavy atom. The number of aromatic nitrogens is 4. The predicted octanol–water partition coefficient (Wildman–Crippen LogP) is 6.55. The number of ether oxygens (including phenoxy) is 1. The van der Waals surface area contributed by atoms with Crippen molar-refractivity contribution in [2.24, 2.45) is 0 Å². The minimum absolute atomic E-state index is 0.308. The van der Waals surface area contributed by atoms with Crippen molar-refractivity contribution in [2.45, 2.75) is 39.3 Å². The number of rotatable bonds is 10. The lowest BCUT2D eigenvalue weighted by molar-refractivity contribution is 0.144. The molecule has 2 aromatic heterocycles. The van der Waals surface area contributed by atoms with Crippen molar-refractivity contribution in [3.05, 3.63) is 102 Å². The van der Waals surface area contributed by atoms with Crippen LogP contribution in [-0.2, 0) is 19.5 Å². The van der Waals surface area contributed by atoms with E-state index < -0.39 is 6.16 Å². The highest BCUT2D eigenvalue weighted by Crippen LogP contribution is 2.30. The maximum absolute atomic E-state index is 11.1. The van der Waals surface area contributed by atoms with E-state index in [-0.39, 0.29) is 0 Å². The Morgan fingerprint density at radius 3 is 2.47 bits per heavy atom. The smallest absolute Gasteiger partial charge is 0.449 e. The number of hydrogen-bond donors (Lipinski definition) is 2. The van der Waals surface area contributed by atoms with Crippen molar-refractivity contribution < 1.29 is 14.6 Å². The molecule has 2 N–H and O–H groups in total. The minimum atomic E-state index is -1.33. The first-order valence-corrected chi connectivity index (χ1v) is 12.7. The Hall–Kier alpha value is -4.72. The maximum atomic E-state index is 11.1. The molecule has 5 aromatic rings. The molecular formula is C30H29N5O3. The summed E-state index contributed by atoms with van der Waals surface area (Å²) in [4.78, 5) is 25.2. The highest BCUT2D eigenvalue weighted by Gasteiger charge is 2.15. The SMILES string of the molecule is CCCCc1nc2cnc(NCc3ccccc3)nc2n1Cc1ccc(-c2ccccc2OC(=O)O)cc1. The standard InChI is InChI=1S/C30H29N5O3/c1-2-3-13-27-33-25-19-32-29(31-18-21-9-5-4-6-10-21)34-28(25)35(27)20-22-14-16-23(17-15-22)24-11-7-8-12-26(24)38-30(36)37/h4-12,14-17,19H,2-3,13,18,20H2,1H3,(H,36,37)(H,31,32,34). The van der Waals surface area contributed by atoms with Gasteiger partial charge in [-0.25, -0.2) is 14.8 Å². The number of hydrogen-bond acceptors (Lipinski definition) is 6. The first-order valence-electron chi connectivity index (χ1n) is 12.7. The van der Waals surface area contributed by atoms with Gasteiger partial charge in [0.15, 0.2) is 5.65 Å². The zero-order valence-corrected chi connectivity index (χ0v) is 21.2. The van der Waals surface area contributed by atoms with Crippen molar-refractivity contribution in [2.75, 3.05) is 5.32 Å². The molecule has 2 heterocycles. The Morgan fingerprint density at radius 1 is 0.947 bits per heavy atom. The summed E-state index contributed by atoms with van der Waals surface area (Å²) in [6.07, 6.45) is 3.42. The zero-order chi connectivity index (χ0) is 26.3. The van der Waals surface area contributed by atoms with E-state index in [1.54, 1.807) is 18.3 Å². The molecule has 0 radical (unpaired) electrons. The maximum Gasteiger partial charge on any atom is 0.511 e. The second-order valence-electron chi connectivity index (χ2n) is 9.02. The number of anilines is 1. The van der Waals surface area contributed by atoms with E-state index >= 15 is 0 Å². The van der Waals surface area contributed by atoms with Gasteiger partial charge in [-0.1, -0.05) is 86.1 Å². The van der Waals surface area contributed by atoms with Gasteiger partial charge in [0.05, 0.1) is 12.7 Å². The van der Waals surface area contributed by atoms with E-state index in [4.69, 9.17) is 19.8 Å². The summed E-state index contributed by atoms with van der Waals surface area (Å²) in [7, 11) is 0. The number of aryl methyl sites for hydroxylation is 1. The molecule has 0 spiro atoms. The Bertz CT molecular complexity index is 1530. The summed E-state index contributed by atoms with van der Waals surface area (Å²) in [5.74, 6) is 1.86. The second-order valence-corrected chi connectivity index (χ2v) is 9.02. The predicted molar refractivity (Wildman–Crippen MR) is 147 cm³/mol. The molecule has 0 aliphatic rings. The lowest BCUT2D eigenvalue weighted by Gasteiger charge is -2.11. The molecule has 8 heteroatoms. The van der Waals surface area contributed by atoms with Crippen LogP contribution in [0.1, 0.15) is 36.7 Å². The van der Waals surface area contributed by atoms with Gasteiger partial charge in [0.1, 0.15) is 17.1 Å². The van der Waals surface area contributed by atoms with Gasteiger partial charge in [-0.05, 0) is 29.2 Å². The molecule has 38 heavy (non-hydrogen) atoms. The first kappa shape index (κ1) is 25.0. The molecular weight excluding hydrogens is 478 g/mol. The number of benzene rings is 3. The molecule has 8 nitrogen and oxygen atoms in total. The molecule has 0 saturated heterocycles. The van der Waals surface area contributed by atoms with Crippen molar-refractivity contribution in [1.29, 1.82) is 0 Å². The Labute approximate surface area is 221 Å². The van der Waals surface area contributed by atoms with E-state index in [9.17, 15) is 4.79 Å². The number of carbonyl (C=O) groups is 1. The van der Waals surface area contributed by atoms with Crippen LogP contribution >= 0.6 is 0 Å². The normalized spacial score (nSPS) is 11.0. The number of carboxylic acid groups (broad SMARTS) is 1. The fraction of sp³-hybridized carbons (Fsp3) is 0.200. The number of fused-ring (bicyclic) bond motifs is 1. The van der Waals surface area contributed by atoms with Crippen molar-refractivity contribution in [3.63, 3.8) is 0 Å². The third kappa shape index (κ3) is 5.81. The fourth-order valence-electron chi connectivity index (χ4n) is 4.38. The summed E-state index contributed by atoms with van der Waals surface area (Å²) in [5, 5.41) is 12.4. The van der Waals surface area contributed by atoms with Crippen LogP contribution in [0.3, 0.4) is 0 Å². The van der Waals surface area contributed by atoms with Crippen LogP contribution in [0, 0.1) is 0 Å². The van der Waals surface area contributed by atoms with Gasteiger partial charge in [0.25, 0.3) is 0 Å². The Balaban J connectivity index is 1.42. The number of imidazole rings is 1. The largest absolute Gasteiger partial charge is 0.511 e. The van der Waals surface area contributed by atoms with Crippen molar-refractivity contribution in [3.8, 4) is 16.9 Å². The first-order chi connectivity index (χ1) is 18.6. The van der Waals surface area contributed by atoms with Crippen LogP contribution < -0.4 is 10.1 Å². The monoisotopic (exact) mass is 507 g/mol. The number of para-hydroxylation sites is 1. The minimum Gasteiger partial charge on any atom is -0.449 e. The molecule has 0 bridgehead atoms. The van der Waals surface area contributed by atoms with Gasteiger partial charge in [0.2, 0.25) is 5.95 Å². The van der Waals surface area contributed by atoms with Crippen LogP contribution in [-0.4, -0.2) is 30.8 Å². The molecule has 0 aliphatic carbocycles. The third-order valence-corrected chi connectivity index (χ3v) is 6.30. The van der Waals surface area contributed by atoms with Gasteiger partial charge >= 0.3 is 6.16 Å². The molecule has 0 unspecified atom stereocenters. The number of unbranched alkanes of at least 4 members (excludes halogenated alkanes) is 1. The number of nitrogens with one attached hydrogen (secondary N) is 1. The molecule has 3 aromatic carbocycles. The lowest BCUT2D eigenvalue weighted by Crippen LogP contribution is -2.08. The van der Waals surface area contributed by atoms with Gasteiger partial charge in [-0.15, -0.1) is 0 Å². The molecule has 0 saturated carbocycles. The van der Waals surface area contributed by atoms with E-state index in [1.165, 1.54) is 0 Å². The summed E-state index contributed by atoms with van der Waals surface area (Å²) in [6.45, 7) is 3.42. The average Bonchev–Trinajstić information content (AvgIpc) is 3.28. The fourth-order valence-corrected chi connectivity index (χ4v) is 4.38. The molecule has 0 fully saturated rings.